The van der Waals surface area contributed by atoms with E-state index in [9.17, 15) is 4.79 Å². The Labute approximate surface area is 155 Å². The zero-order valence-electron chi connectivity index (χ0n) is 14.6. The quantitative estimate of drug-likeness (QED) is 0.866. The van der Waals surface area contributed by atoms with E-state index in [4.69, 9.17) is 11.6 Å². The van der Waals surface area contributed by atoms with Gasteiger partial charge in [0, 0.05) is 23.3 Å². The van der Waals surface area contributed by atoms with Gasteiger partial charge in [-0.3, -0.25) is 4.79 Å². The summed E-state index contributed by atoms with van der Waals surface area (Å²) in [5.41, 5.74) is 2.16. The molecule has 1 aliphatic rings. The maximum absolute atomic E-state index is 13.2. The Kier molecular flexibility index (Phi) is 6.11. The maximum atomic E-state index is 13.2. The van der Waals surface area contributed by atoms with E-state index in [2.05, 4.69) is 12.2 Å². The number of rotatable bonds is 5. The second kappa shape index (κ2) is 8.50. The first-order valence-electron chi connectivity index (χ1n) is 8.98. The number of hydrogen-bond acceptors (Lipinski definition) is 2. The minimum Gasteiger partial charge on any atom is -0.316 e. The summed E-state index contributed by atoms with van der Waals surface area (Å²) in [6, 6.07) is 18.0. The average molecular weight is 357 g/mol. The van der Waals surface area contributed by atoms with Crippen molar-refractivity contribution >= 4 is 23.2 Å². The third kappa shape index (κ3) is 4.62. The van der Waals surface area contributed by atoms with E-state index in [1.54, 1.807) is 0 Å². The predicted molar refractivity (Wildman–Crippen MR) is 104 cm³/mol. The highest BCUT2D eigenvalue weighted by atomic mass is 35.5. The van der Waals surface area contributed by atoms with Crippen LogP contribution in [0.1, 0.15) is 25.3 Å². The second-order valence-electron chi connectivity index (χ2n) is 6.77. The number of hydrogen-bond donors (Lipinski definition) is 1. The lowest BCUT2D eigenvalue weighted by atomic mass is 9.96. The molecule has 1 saturated heterocycles. The van der Waals surface area contributed by atoms with Crippen molar-refractivity contribution in [2.24, 2.45) is 5.92 Å². The molecular formula is C21H25ClN2O. The molecule has 0 aromatic heterocycles. The lowest BCUT2D eigenvalue weighted by Crippen LogP contribution is -2.47. The molecule has 132 valence electrons. The molecule has 0 aliphatic carbocycles. The Morgan fingerprint density at radius 3 is 2.56 bits per heavy atom. The highest BCUT2D eigenvalue weighted by Crippen LogP contribution is 2.24. The van der Waals surface area contributed by atoms with E-state index in [-0.39, 0.29) is 17.9 Å². The first-order chi connectivity index (χ1) is 12.1. The number of halogens is 1. The first-order valence-corrected chi connectivity index (χ1v) is 9.36. The Morgan fingerprint density at radius 2 is 1.92 bits per heavy atom. The maximum Gasteiger partial charge on any atom is 0.231 e. The summed E-state index contributed by atoms with van der Waals surface area (Å²) in [5, 5.41) is 4.09. The number of carbonyl (C=O) groups excluding carboxylic acids is 1. The molecule has 4 heteroatoms. The van der Waals surface area contributed by atoms with Crippen LogP contribution in [0.5, 0.6) is 0 Å². The smallest absolute Gasteiger partial charge is 0.231 e. The number of piperidine rings is 1. The van der Waals surface area contributed by atoms with Gasteiger partial charge in [0.1, 0.15) is 0 Å². The Morgan fingerprint density at radius 1 is 1.20 bits per heavy atom. The SMILES string of the molecule is CC(Cc1ccc(Cl)cc1)N(C(=O)[C@H]1CCCNC1)c1ccccc1. The number of amides is 1. The number of anilines is 1. The Hall–Kier alpha value is -1.84. The zero-order chi connectivity index (χ0) is 17.6. The van der Waals surface area contributed by atoms with Gasteiger partial charge in [-0.2, -0.15) is 0 Å². The predicted octanol–water partition coefficient (Wildman–Crippen LogP) is 4.30. The summed E-state index contributed by atoms with van der Waals surface area (Å²) in [6.45, 7) is 3.90. The van der Waals surface area contributed by atoms with Crippen LogP contribution in [-0.2, 0) is 11.2 Å². The molecule has 2 atom stereocenters. The van der Waals surface area contributed by atoms with Gasteiger partial charge < -0.3 is 10.2 Å². The average Bonchev–Trinajstić information content (AvgIpc) is 2.65. The highest BCUT2D eigenvalue weighted by Gasteiger charge is 2.29. The minimum atomic E-state index is 0.0571. The first kappa shape index (κ1) is 18.0. The van der Waals surface area contributed by atoms with Crippen LogP contribution in [-0.4, -0.2) is 25.0 Å². The van der Waals surface area contributed by atoms with E-state index in [0.717, 1.165) is 43.1 Å². The Bertz CT molecular complexity index is 681. The van der Waals surface area contributed by atoms with Crippen molar-refractivity contribution in [3.8, 4) is 0 Å². The van der Waals surface area contributed by atoms with E-state index < -0.39 is 0 Å². The summed E-state index contributed by atoms with van der Waals surface area (Å²) in [6.07, 6.45) is 2.82. The molecule has 2 aromatic carbocycles. The van der Waals surface area contributed by atoms with Gasteiger partial charge in [0.2, 0.25) is 5.91 Å². The van der Waals surface area contributed by atoms with Gasteiger partial charge in [-0.25, -0.2) is 0 Å². The molecule has 1 amide bonds. The molecule has 1 unspecified atom stereocenters. The molecular weight excluding hydrogens is 332 g/mol. The Balaban J connectivity index is 1.82. The van der Waals surface area contributed by atoms with E-state index in [0.29, 0.717) is 0 Å². The van der Waals surface area contributed by atoms with Gasteiger partial charge in [-0.1, -0.05) is 41.9 Å². The van der Waals surface area contributed by atoms with Crippen molar-refractivity contribution in [2.45, 2.75) is 32.2 Å². The second-order valence-corrected chi connectivity index (χ2v) is 7.20. The fraction of sp³-hybridized carbons (Fsp3) is 0.381. The zero-order valence-corrected chi connectivity index (χ0v) is 15.4. The molecule has 1 heterocycles. The fourth-order valence-corrected chi connectivity index (χ4v) is 3.63. The molecule has 0 saturated carbocycles. The van der Waals surface area contributed by atoms with Crippen molar-refractivity contribution in [2.75, 3.05) is 18.0 Å². The van der Waals surface area contributed by atoms with Gasteiger partial charge in [0.25, 0.3) is 0 Å². The van der Waals surface area contributed by atoms with Crippen molar-refractivity contribution in [1.82, 2.24) is 5.32 Å². The summed E-state index contributed by atoms with van der Waals surface area (Å²) in [5.74, 6) is 0.279. The summed E-state index contributed by atoms with van der Waals surface area (Å²) >= 11 is 5.99. The van der Waals surface area contributed by atoms with E-state index >= 15 is 0 Å². The largest absolute Gasteiger partial charge is 0.316 e. The summed E-state index contributed by atoms with van der Waals surface area (Å²) < 4.78 is 0. The highest BCUT2D eigenvalue weighted by molar-refractivity contribution is 6.30. The number of carbonyl (C=O) groups is 1. The minimum absolute atomic E-state index is 0.0571. The standard InChI is InChI=1S/C21H25ClN2O/c1-16(14-17-9-11-19(22)12-10-17)24(20-7-3-2-4-8-20)21(25)18-6-5-13-23-15-18/h2-4,7-12,16,18,23H,5-6,13-15H2,1H3/t16?,18-/m0/s1. The van der Waals surface area contributed by atoms with Gasteiger partial charge in [-0.05, 0) is 62.6 Å². The summed E-state index contributed by atoms with van der Waals surface area (Å²) in [4.78, 5) is 15.2. The molecule has 3 rings (SSSR count). The van der Waals surface area contributed by atoms with Crippen molar-refractivity contribution in [3.63, 3.8) is 0 Å². The van der Waals surface area contributed by atoms with Gasteiger partial charge >= 0.3 is 0 Å². The lowest BCUT2D eigenvalue weighted by molar-refractivity contribution is -0.123. The molecule has 0 bridgehead atoms. The molecule has 25 heavy (non-hydrogen) atoms. The molecule has 1 fully saturated rings. The molecule has 1 N–H and O–H groups in total. The lowest BCUT2D eigenvalue weighted by Gasteiger charge is -2.34. The van der Waals surface area contributed by atoms with Crippen LogP contribution < -0.4 is 10.2 Å². The number of nitrogens with zero attached hydrogens (tertiary/aromatic N) is 1. The normalized spacial score (nSPS) is 18.6. The number of benzene rings is 2. The van der Waals surface area contributed by atoms with Crippen LogP contribution >= 0.6 is 11.6 Å². The molecule has 2 aromatic rings. The van der Waals surface area contributed by atoms with Crippen LogP contribution in [0.15, 0.2) is 54.6 Å². The fourth-order valence-electron chi connectivity index (χ4n) is 3.50. The topological polar surface area (TPSA) is 32.3 Å². The van der Waals surface area contributed by atoms with Crippen LogP contribution in [0.25, 0.3) is 0 Å². The molecule has 1 aliphatic heterocycles. The number of para-hydroxylation sites is 1. The van der Waals surface area contributed by atoms with Crippen LogP contribution in [0.4, 0.5) is 5.69 Å². The van der Waals surface area contributed by atoms with Gasteiger partial charge in [-0.15, -0.1) is 0 Å². The van der Waals surface area contributed by atoms with Crippen LogP contribution in [0.3, 0.4) is 0 Å². The third-order valence-electron chi connectivity index (χ3n) is 4.80. The van der Waals surface area contributed by atoms with Crippen LogP contribution in [0.2, 0.25) is 5.02 Å². The van der Waals surface area contributed by atoms with Crippen LogP contribution in [0, 0.1) is 5.92 Å². The van der Waals surface area contributed by atoms with E-state index in [1.807, 2.05) is 59.5 Å². The summed E-state index contributed by atoms with van der Waals surface area (Å²) in [7, 11) is 0. The van der Waals surface area contributed by atoms with Crippen molar-refractivity contribution in [1.29, 1.82) is 0 Å². The third-order valence-corrected chi connectivity index (χ3v) is 5.06. The number of nitrogens with one attached hydrogen (secondary N) is 1. The monoisotopic (exact) mass is 356 g/mol. The molecule has 0 radical (unpaired) electrons. The van der Waals surface area contributed by atoms with E-state index in [1.165, 1.54) is 5.56 Å². The molecule has 0 spiro atoms. The van der Waals surface area contributed by atoms with Crippen molar-refractivity contribution in [3.05, 3.63) is 65.2 Å². The van der Waals surface area contributed by atoms with Crippen molar-refractivity contribution < 1.29 is 4.79 Å². The van der Waals surface area contributed by atoms with Gasteiger partial charge in [0.15, 0.2) is 0 Å². The molecule has 3 nitrogen and oxygen atoms in total. The van der Waals surface area contributed by atoms with Gasteiger partial charge in [0.05, 0.1) is 5.92 Å².